The monoisotopic (exact) mass is 464 g/mol. The summed E-state index contributed by atoms with van der Waals surface area (Å²) >= 11 is 1.50. The number of carbonyl (C=O) groups excluding carboxylic acids is 1. The van der Waals surface area contributed by atoms with Crippen LogP contribution in [0.5, 0.6) is 5.75 Å². The van der Waals surface area contributed by atoms with Gasteiger partial charge in [0.2, 0.25) is 10.0 Å². The van der Waals surface area contributed by atoms with Crippen molar-refractivity contribution >= 4 is 27.7 Å². The molecule has 1 heterocycles. The fourth-order valence-electron chi connectivity index (χ4n) is 3.88. The van der Waals surface area contributed by atoms with E-state index in [0.29, 0.717) is 18.1 Å². The zero-order chi connectivity index (χ0) is 22.8. The number of carbonyl (C=O) groups is 1. The third-order valence-corrected chi connectivity index (χ3v) is 8.44. The minimum Gasteiger partial charge on any atom is -0.489 e. The Hall–Kier alpha value is -2.07. The number of rotatable bonds is 6. The molecule has 2 N–H and O–H groups in total. The quantitative estimate of drug-likeness (QED) is 0.503. The second-order valence-electron chi connectivity index (χ2n) is 8.20. The van der Waals surface area contributed by atoms with Gasteiger partial charge in [-0.05, 0) is 57.5 Å². The molecule has 0 bridgehead atoms. The molecule has 168 valence electrons. The molecule has 2 aromatic carbocycles. The van der Waals surface area contributed by atoms with Crippen LogP contribution < -0.4 is 10.2 Å². The number of thioether (sulfide) groups is 1. The molecule has 1 aliphatic rings. The Morgan fingerprint density at radius 2 is 1.81 bits per heavy atom. The number of ether oxygens (including phenoxy) is 1. The fourth-order valence-corrected chi connectivity index (χ4v) is 6.99. The normalized spacial score (nSPS) is 19.1. The van der Waals surface area contributed by atoms with E-state index in [1.54, 1.807) is 31.5 Å². The highest BCUT2D eigenvalue weighted by Crippen LogP contribution is 2.38. The van der Waals surface area contributed by atoms with Crippen molar-refractivity contribution in [3.05, 3.63) is 59.2 Å². The van der Waals surface area contributed by atoms with Crippen molar-refractivity contribution in [1.82, 2.24) is 9.79 Å². The molecule has 0 aromatic heterocycles. The molecule has 1 fully saturated rings. The molecule has 1 saturated heterocycles. The van der Waals surface area contributed by atoms with Gasteiger partial charge in [0, 0.05) is 17.0 Å². The van der Waals surface area contributed by atoms with Crippen LogP contribution in [0.4, 0.5) is 0 Å². The molecule has 1 amide bonds. The highest BCUT2D eigenvalue weighted by molar-refractivity contribution is 8.00. The zero-order valence-electron chi connectivity index (χ0n) is 18.1. The van der Waals surface area contributed by atoms with Gasteiger partial charge in [0.05, 0.1) is 4.90 Å². The first-order valence-electron chi connectivity index (χ1n) is 9.94. The van der Waals surface area contributed by atoms with Crippen LogP contribution in [0.3, 0.4) is 0 Å². The van der Waals surface area contributed by atoms with Gasteiger partial charge >= 0.3 is 0 Å². The maximum atomic E-state index is 13.3. The van der Waals surface area contributed by atoms with Gasteiger partial charge in [0.25, 0.3) is 5.91 Å². The van der Waals surface area contributed by atoms with Gasteiger partial charge in [0.15, 0.2) is 0 Å². The minimum atomic E-state index is -3.94. The second-order valence-corrected chi connectivity index (χ2v) is 11.8. The molecular weight excluding hydrogens is 436 g/mol. The van der Waals surface area contributed by atoms with Crippen molar-refractivity contribution in [3.63, 3.8) is 0 Å². The number of amides is 1. The third kappa shape index (κ3) is 5.23. The van der Waals surface area contributed by atoms with Crippen molar-refractivity contribution < 1.29 is 23.2 Å². The Morgan fingerprint density at radius 1 is 1.19 bits per heavy atom. The Bertz CT molecular complexity index is 1030. The molecule has 1 aliphatic heterocycles. The number of benzene rings is 2. The Balaban J connectivity index is 1.79. The number of aryl methyl sites for hydroxylation is 2. The van der Waals surface area contributed by atoms with Gasteiger partial charge in [-0.1, -0.05) is 29.3 Å². The number of nitrogens with one attached hydrogen (secondary N) is 1. The van der Waals surface area contributed by atoms with Crippen molar-refractivity contribution in [2.45, 2.75) is 50.0 Å². The molecule has 31 heavy (non-hydrogen) atoms. The van der Waals surface area contributed by atoms with Crippen LogP contribution in [0.2, 0.25) is 0 Å². The molecule has 9 heteroatoms. The fraction of sp³-hybridized carbons (Fsp3) is 0.409. The van der Waals surface area contributed by atoms with E-state index in [-0.39, 0.29) is 11.4 Å². The van der Waals surface area contributed by atoms with Crippen LogP contribution >= 0.6 is 11.8 Å². The lowest BCUT2D eigenvalue weighted by Crippen LogP contribution is -2.61. The third-order valence-electron chi connectivity index (χ3n) is 5.21. The van der Waals surface area contributed by atoms with Gasteiger partial charge in [-0.3, -0.25) is 10.0 Å². The average Bonchev–Trinajstić information content (AvgIpc) is 2.70. The second kappa shape index (κ2) is 9.20. The van der Waals surface area contributed by atoms with Gasteiger partial charge in [-0.25, -0.2) is 13.9 Å². The predicted molar refractivity (Wildman–Crippen MR) is 121 cm³/mol. The summed E-state index contributed by atoms with van der Waals surface area (Å²) in [4.78, 5) is 12.4. The van der Waals surface area contributed by atoms with Crippen LogP contribution in [-0.2, 0) is 21.4 Å². The van der Waals surface area contributed by atoms with Crippen LogP contribution in [0.1, 0.15) is 30.5 Å². The number of hydroxylamine groups is 1. The van der Waals surface area contributed by atoms with Crippen molar-refractivity contribution in [1.29, 1.82) is 0 Å². The SMILES string of the molecule is Cc1cc(C)cc(COc2ccc(S(=O)(=O)N3CCSC(C)(C)[C@@H]3C(=O)NO)cc2)c1. The summed E-state index contributed by atoms with van der Waals surface area (Å²) in [6, 6.07) is 11.3. The van der Waals surface area contributed by atoms with Gasteiger partial charge < -0.3 is 4.74 Å². The van der Waals surface area contributed by atoms with E-state index in [9.17, 15) is 13.2 Å². The number of hydrogen-bond acceptors (Lipinski definition) is 6. The van der Waals surface area contributed by atoms with E-state index in [0.717, 1.165) is 16.7 Å². The summed E-state index contributed by atoms with van der Waals surface area (Å²) in [7, 11) is -3.94. The standard InChI is InChI=1S/C22H28N2O5S2/c1-15-11-16(2)13-17(12-15)14-29-18-5-7-19(8-6-18)31(27,28)24-9-10-30-22(3,4)20(24)21(25)23-26/h5-8,11-13,20,26H,9-10,14H2,1-4H3,(H,23,25)/t20-/m0/s1. The van der Waals surface area contributed by atoms with Crippen LogP contribution in [0.15, 0.2) is 47.4 Å². The largest absolute Gasteiger partial charge is 0.489 e. The predicted octanol–water partition coefficient (Wildman–Crippen LogP) is 3.27. The number of nitrogens with zero attached hydrogens (tertiary/aromatic N) is 1. The highest BCUT2D eigenvalue weighted by atomic mass is 32.2. The van der Waals surface area contributed by atoms with Gasteiger partial charge in [-0.15, -0.1) is 0 Å². The lowest BCUT2D eigenvalue weighted by Gasteiger charge is -2.43. The smallest absolute Gasteiger partial charge is 0.263 e. The van der Waals surface area contributed by atoms with E-state index in [1.165, 1.54) is 28.2 Å². The molecule has 0 spiro atoms. The lowest BCUT2D eigenvalue weighted by atomic mass is 10.0. The molecule has 0 saturated carbocycles. The molecule has 0 radical (unpaired) electrons. The molecule has 1 atom stereocenters. The molecule has 7 nitrogen and oxygen atoms in total. The van der Waals surface area contributed by atoms with Crippen LogP contribution in [0, 0.1) is 13.8 Å². The first-order valence-corrected chi connectivity index (χ1v) is 12.4. The Kier molecular flexibility index (Phi) is 7.00. The molecule has 0 unspecified atom stereocenters. The topological polar surface area (TPSA) is 95.9 Å². The highest BCUT2D eigenvalue weighted by Gasteiger charge is 2.48. The van der Waals surface area contributed by atoms with Gasteiger partial charge in [-0.2, -0.15) is 16.1 Å². The van der Waals surface area contributed by atoms with E-state index >= 15 is 0 Å². The Morgan fingerprint density at radius 3 is 2.39 bits per heavy atom. The van der Waals surface area contributed by atoms with Crippen molar-refractivity contribution in [2.24, 2.45) is 0 Å². The molecule has 2 aromatic rings. The molecule has 3 rings (SSSR count). The first-order chi connectivity index (χ1) is 14.5. The summed E-state index contributed by atoms with van der Waals surface area (Å²) in [6.07, 6.45) is 0. The number of sulfonamides is 1. The lowest BCUT2D eigenvalue weighted by molar-refractivity contribution is -0.134. The van der Waals surface area contributed by atoms with Gasteiger partial charge in [0.1, 0.15) is 18.4 Å². The summed E-state index contributed by atoms with van der Waals surface area (Å²) < 4.78 is 32.9. The number of hydrogen-bond donors (Lipinski definition) is 2. The van der Waals surface area contributed by atoms with Crippen LogP contribution in [-0.4, -0.2) is 46.9 Å². The minimum absolute atomic E-state index is 0.0738. The van der Waals surface area contributed by atoms with Crippen molar-refractivity contribution in [2.75, 3.05) is 12.3 Å². The maximum Gasteiger partial charge on any atom is 0.263 e. The molecule has 0 aliphatic carbocycles. The maximum absolute atomic E-state index is 13.3. The Labute approximate surface area is 187 Å². The summed E-state index contributed by atoms with van der Waals surface area (Å²) in [5.74, 6) is 0.366. The van der Waals surface area contributed by atoms with Crippen molar-refractivity contribution in [3.8, 4) is 5.75 Å². The first kappa shape index (κ1) is 23.6. The average molecular weight is 465 g/mol. The van der Waals surface area contributed by atoms with Crippen LogP contribution in [0.25, 0.3) is 0 Å². The van der Waals surface area contributed by atoms with E-state index in [1.807, 2.05) is 26.0 Å². The van der Waals surface area contributed by atoms with E-state index < -0.39 is 26.7 Å². The van der Waals surface area contributed by atoms with E-state index in [2.05, 4.69) is 6.07 Å². The zero-order valence-corrected chi connectivity index (χ0v) is 19.7. The van der Waals surface area contributed by atoms with E-state index in [4.69, 9.17) is 9.94 Å². The summed E-state index contributed by atoms with van der Waals surface area (Å²) in [6.45, 7) is 8.21. The summed E-state index contributed by atoms with van der Waals surface area (Å²) in [5.41, 5.74) is 4.97. The summed E-state index contributed by atoms with van der Waals surface area (Å²) in [5, 5.41) is 9.15. The molecular formula is C22H28N2O5S2.